The fourth-order valence-electron chi connectivity index (χ4n) is 2.90. The van der Waals surface area contributed by atoms with E-state index >= 15 is 0 Å². The van der Waals surface area contributed by atoms with E-state index in [0.717, 1.165) is 32.5 Å². The minimum atomic E-state index is 0.563. The number of rotatable bonds is 3. The molecule has 4 rings (SSSR count). The van der Waals surface area contributed by atoms with Crippen LogP contribution in [0.4, 0.5) is 0 Å². The molecule has 0 saturated carbocycles. The van der Waals surface area contributed by atoms with Crippen LogP contribution in [-0.4, -0.2) is 9.55 Å². The molecule has 1 aromatic heterocycles. The molecule has 0 fully saturated rings. The van der Waals surface area contributed by atoms with Gasteiger partial charge < -0.3 is 4.57 Å². The van der Waals surface area contributed by atoms with Crippen LogP contribution in [0.3, 0.4) is 0 Å². The van der Waals surface area contributed by atoms with Gasteiger partial charge >= 0.3 is 0 Å². The monoisotopic (exact) mass is 430 g/mol. The third-order valence-corrected chi connectivity index (χ3v) is 5.29. The molecule has 25 heavy (non-hydrogen) atoms. The Morgan fingerprint density at radius 1 is 0.880 bits per heavy atom. The van der Waals surface area contributed by atoms with Gasteiger partial charge in [0.05, 0.1) is 21.1 Å². The predicted octanol–water partition coefficient (Wildman–Crippen LogP) is 6.82. The first-order valence-corrected chi connectivity index (χ1v) is 9.32. The average Bonchev–Trinajstić information content (AvgIpc) is 2.97. The average molecular weight is 432 g/mol. The van der Waals surface area contributed by atoms with Crippen LogP contribution >= 0.6 is 39.1 Å². The van der Waals surface area contributed by atoms with Crippen LogP contribution < -0.4 is 0 Å². The predicted molar refractivity (Wildman–Crippen MR) is 108 cm³/mol. The summed E-state index contributed by atoms with van der Waals surface area (Å²) in [6, 6.07) is 22.0. The Morgan fingerprint density at radius 2 is 1.72 bits per heavy atom. The zero-order valence-electron chi connectivity index (χ0n) is 13.1. The van der Waals surface area contributed by atoms with Gasteiger partial charge in [-0.3, -0.25) is 0 Å². The van der Waals surface area contributed by atoms with E-state index < -0.39 is 0 Å². The highest BCUT2D eigenvalue weighted by Gasteiger charge is 2.13. The Hall–Kier alpha value is -1.81. The van der Waals surface area contributed by atoms with Crippen molar-refractivity contribution in [2.45, 2.75) is 6.54 Å². The highest BCUT2D eigenvalue weighted by Crippen LogP contribution is 2.29. The van der Waals surface area contributed by atoms with Crippen molar-refractivity contribution in [2.75, 3.05) is 0 Å². The minimum Gasteiger partial charge on any atom is -0.319 e. The Kier molecular flexibility index (Phi) is 4.55. The Labute approximate surface area is 164 Å². The van der Waals surface area contributed by atoms with Crippen molar-refractivity contribution in [3.05, 3.63) is 86.8 Å². The molecule has 0 amide bonds. The van der Waals surface area contributed by atoms with E-state index in [9.17, 15) is 0 Å². The molecule has 124 valence electrons. The summed E-state index contributed by atoms with van der Waals surface area (Å²) in [5.41, 5.74) is 4.19. The van der Waals surface area contributed by atoms with E-state index in [4.69, 9.17) is 28.2 Å². The molecule has 5 heteroatoms. The maximum atomic E-state index is 6.19. The fourth-order valence-corrected chi connectivity index (χ4v) is 3.62. The number of fused-ring (bicyclic) bond motifs is 1. The van der Waals surface area contributed by atoms with Crippen molar-refractivity contribution in [3.8, 4) is 11.4 Å². The summed E-state index contributed by atoms with van der Waals surface area (Å²) in [6.45, 7) is 0.666. The molecule has 3 aromatic carbocycles. The van der Waals surface area contributed by atoms with Gasteiger partial charge in [-0.15, -0.1) is 0 Å². The van der Waals surface area contributed by atoms with Crippen LogP contribution in [0.1, 0.15) is 5.56 Å². The van der Waals surface area contributed by atoms with Crippen molar-refractivity contribution in [2.24, 2.45) is 0 Å². The number of imidazole rings is 1. The third kappa shape index (κ3) is 3.32. The lowest BCUT2D eigenvalue weighted by molar-refractivity contribution is 0.834. The lowest BCUT2D eigenvalue weighted by Crippen LogP contribution is -2.02. The topological polar surface area (TPSA) is 17.8 Å². The number of hydrogen-bond acceptors (Lipinski definition) is 1. The summed E-state index contributed by atoms with van der Waals surface area (Å²) in [6.07, 6.45) is 0. The van der Waals surface area contributed by atoms with Gasteiger partial charge in [0.2, 0.25) is 0 Å². The summed E-state index contributed by atoms with van der Waals surface area (Å²) in [7, 11) is 0. The van der Waals surface area contributed by atoms with Gasteiger partial charge in [-0.25, -0.2) is 4.98 Å². The normalized spacial score (nSPS) is 11.2. The largest absolute Gasteiger partial charge is 0.319 e. The van der Waals surface area contributed by atoms with E-state index in [-0.39, 0.29) is 0 Å². The van der Waals surface area contributed by atoms with Gasteiger partial charge in [-0.2, -0.15) is 0 Å². The molecule has 0 aliphatic rings. The van der Waals surface area contributed by atoms with E-state index in [1.165, 1.54) is 0 Å². The zero-order chi connectivity index (χ0) is 17.4. The van der Waals surface area contributed by atoms with Crippen LogP contribution in [0, 0.1) is 0 Å². The maximum absolute atomic E-state index is 6.19. The van der Waals surface area contributed by atoms with Gasteiger partial charge in [-0.05, 0) is 42.0 Å². The standard InChI is InChI=1S/C20H13BrCl2N2/c21-15-5-3-4-14(11-15)20-24-18-6-1-2-7-19(18)25(20)12-13-8-9-16(22)17(23)10-13/h1-11H,12H2. The first-order chi connectivity index (χ1) is 12.1. The van der Waals surface area contributed by atoms with Crippen LogP contribution in [0.5, 0.6) is 0 Å². The van der Waals surface area contributed by atoms with Crippen molar-refractivity contribution < 1.29 is 0 Å². The number of para-hydroxylation sites is 2. The van der Waals surface area contributed by atoms with Crippen LogP contribution in [0.2, 0.25) is 10.0 Å². The van der Waals surface area contributed by atoms with Crippen LogP contribution in [-0.2, 0) is 6.54 Å². The molecule has 0 aliphatic heterocycles. The molecule has 0 radical (unpaired) electrons. The molecule has 0 aliphatic carbocycles. The summed E-state index contributed by atoms with van der Waals surface area (Å²) < 4.78 is 3.23. The van der Waals surface area contributed by atoms with Crippen molar-refractivity contribution in [3.63, 3.8) is 0 Å². The molecule has 0 saturated heterocycles. The molecule has 0 N–H and O–H groups in total. The van der Waals surface area contributed by atoms with Gasteiger partial charge in [0.15, 0.2) is 0 Å². The maximum Gasteiger partial charge on any atom is 0.141 e. The summed E-state index contributed by atoms with van der Waals surface area (Å²) in [5, 5.41) is 1.13. The molecule has 2 nitrogen and oxygen atoms in total. The number of benzene rings is 3. The highest BCUT2D eigenvalue weighted by atomic mass is 79.9. The summed E-state index contributed by atoms with van der Waals surface area (Å²) in [4.78, 5) is 4.84. The zero-order valence-corrected chi connectivity index (χ0v) is 16.2. The molecule has 0 bridgehead atoms. The van der Waals surface area contributed by atoms with Crippen LogP contribution in [0.25, 0.3) is 22.4 Å². The number of aromatic nitrogens is 2. The van der Waals surface area contributed by atoms with E-state index in [2.05, 4.69) is 38.7 Å². The van der Waals surface area contributed by atoms with Gasteiger partial charge in [0.25, 0.3) is 0 Å². The molecule has 4 aromatic rings. The Morgan fingerprint density at radius 3 is 2.52 bits per heavy atom. The quantitative estimate of drug-likeness (QED) is 0.348. The van der Waals surface area contributed by atoms with Crippen LogP contribution in [0.15, 0.2) is 71.2 Å². The number of hydrogen-bond donors (Lipinski definition) is 0. The molecule has 0 atom stereocenters. The Balaban J connectivity index is 1.88. The first-order valence-electron chi connectivity index (χ1n) is 7.77. The molecule has 1 heterocycles. The van der Waals surface area contributed by atoms with Gasteiger partial charge in [0.1, 0.15) is 5.82 Å². The number of nitrogens with zero attached hydrogens (tertiary/aromatic N) is 2. The molecule has 0 spiro atoms. The van der Waals surface area contributed by atoms with E-state index in [1.807, 2.05) is 48.5 Å². The second-order valence-electron chi connectivity index (χ2n) is 5.77. The van der Waals surface area contributed by atoms with Crippen molar-refractivity contribution in [1.29, 1.82) is 0 Å². The summed E-state index contributed by atoms with van der Waals surface area (Å²) in [5.74, 6) is 0.925. The summed E-state index contributed by atoms with van der Waals surface area (Å²) >= 11 is 15.8. The second-order valence-corrected chi connectivity index (χ2v) is 7.50. The Bertz CT molecular complexity index is 1070. The van der Waals surface area contributed by atoms with Gasteiger partial charge in [0, 0.05) is 16.6 Å². The van der Waals surface area contributed by atoms with Crippen molar-refractivity contribution >= 4 is 50.2 Å². The SMILES string of the molecule is Clc1ccc(Cn2c(-c3cccc(Br)c3)nc3ccccc32)cc1Cl. The van der Waals surface area contributed by atoms with Gasteiger partial charge in [-0.1, -0.05) is 69.5 Å². The van der Waals surface area contributed by atoms with E-state index in [1.54, 1.807) is 0 Å². The lowest BCUT2D eigenvalue weighted by atomic mass is 10.2. The number of halogens is 3. The first kappa shape index (κ1) is 16.6. The van der Waals surface area contributed by atoms with E-state index in [0.29, 0.717) is 16.6 Å². The third-order valence-electron chi connectivity index (χ3n) is 4.06. The second kappa shape index (κ2) is 6.83. The highest BCUT2D eigenvalue weighted by molar-refractivity contribution is 9.10. The minimum absolute atomic E-state index is 0.563. The molecular weight excluding hydrogens is 419 g/mol. The fraction of sp³-hybridized carbons (Fsp3) is 0.0500. The lowest BCUT2D eigenvalue weighted by Gasteiger charge is -2.11. The molecular formula is C20H13BrCl2N2. The smallest absolute Gasteiger partial charge is 0.141 e. The van der Waals surface area contributed by atoms with Crippen molar-refractivity contribution in [1.82, 2.24) is 9.55 Å². The molecule has 0 unspecified atom stereocenters.